The molecule has 3 N–H and O–H groups in total. The monoisotopic (exact) mass is 368 g/mol. The fraction of sp³-hybridized carbons (Fsp3) is 0.300. The largest absolute Gasteiger partial charge is 0.399 e. The molecule has 142 valence electrons. The first-order valence-electron chi connectivity index (χ1n) is 8.97. The van der Waals surface area contributed by atoms with Crippen LogP contribution in [0.25, 0.3) is 0 Å². The zero-order valence-corrected chi connectivity index (χ0v) is 15.1. The van der Waals surface area contributed by atoms with Crippen molar-refractivity contribution < 1.29 is 14.7 Å². The highest BCUT2D eigenvalue weighted by atomic mass is 16.3. The molecule has 1 aliphatic heterocycles. The molecule has 7 nitrogen and oxygen atoms in total. The summed E-state index contributed by atoms with van der Waals surface area (Å²) in [5.74, 6) is -1.12. The molecule has 0 aromatic heterocycles. The van der Waals surface area contributed by atoms with Crippen molar-refractivity contribution in [2.24, 2.45) is 0 Å². The van der Waals surface area contributed by atoms with Gasteiger partial charge in [0.1, 0.15) is 0 Å². The lowest BCUT2D eigenvalue weighted by molar-refractivity contribution is -0.145. The lowest BCUT2D eigenvalue weighted by atomic mass is 10.2. The Kier molecular flexibility index (Phi) is 6.05. The summed E-state index contributed by atoms with van der Waals surface area (Å²) in [4.78, 5) is 31.0. The predicted molar refractivity (Wildman–Crippen MR) is 105 cm³/mol. The molecule has 27 heavy (non-hydrogen) atoms. The number of anilines is 3. The van der Waals surface area contributed by atoms with Gasteiger partial charge < -0.3 is 15.7 Å². The molecule has 7 heteroatoms. The zero-order chi connectivity index (χ0) is 19.2. The normalized spacial score (nSPS) is 14.8. The Morgan fingerprint density at radius 3 is 2.11 bits per heavy atom. The van der Waals surface area contributed by atoms with Crippen LogP contribution in [0, 0.1) is 0 Å². The molecule has 0 spiro atoms. The maximum atomic E-state index is 13.1. The van der Waals surface area contributed by atoms with Crippen LogP contribution in [0.3, 0.4) is 0 Å². The van der Waals surface area contributed by atoms with Gasteiger partial charge in [-0.25, -0.2) is 0 Å². The number of rotatable bonds is 4. The maximum absolute atomic E-state index is 13.1. The van der Waals surface area contributed by atoms with E-state index in [1.165, 1.54) is 4.90 Å². The summed E-state index contributed by atoms with van der Waals surface area (Å²) in [5.41, 5.74) is 7.56. The molecular formula is C20H24N4O3. The van der Waals surface area contributed by atoms with E-state index < -0.39 is 11.8 Å². The molecule has 2 aromatic rings. The minimum Gasteiger partial charge on any atom is -0.399 e. The standard InChI is InChI=1S/C20H24N4O3/c21-16-6-8-18(9-7-16)24(17-4-2-1-3-5-17)20(27)19(26)23-12-10-22(11-13-23)14-15-25/h1-9,25H,10-15,21H2. The molecule has 2 aromatic carbocycles. The third-order valence-electron chi connectivity index (χ3n) is 4.63. The highest BCUT2D eigenvalue weighted by Gasteiger charge is 2.31. The molecule has 1 fully saturated rings. The summed E-state index contributed by atoms with van der Waals surface area (Å²) in [6.45, 7) is 2.90. The van der Waals surface area contributed by atoms with Gasteiger partial charge in [-0.3, -0.25) is 19.4 Å². The molecule has 0 saturated carbocycles. The van der Waals surface area contributed by atoms with Gasteiger partial charge in [0.05, 0.1) is 6.61 Å². The number of aliphatic hydroxyl groups is 1. The average molecular weight is 368 g/mol. The number of aliphatic hydroxyl groups excluding tert-OH is 1. The molecule has 2 amide bonds. The highest BCUT2D eigenvalue weighted by Crippen LogP contribution is 2.26. The van der Waals surface area contributed by atoms with E-state index in [1.54, 1.807) is 41.3 Å². The van der Waals surface area contributed by atoms with Gasteiger partial charge in [-0.1, -0.05) is 18.2 Å². The zero-order valence-electron chi connectivity index (χ0n) is 15.1. The quantitative estimate of drug-likeness (QED) is 0.622. The van der Waals surface area contributed by atoms with Crippen molar-refractivity contribution in [3.63, 3.8) is 0 Å². The van der Waals surface area contributed by atoms with Crippen LogP contribution in [0.15, 0.2) is 54.6 Å². The molecule has 0 radical (unpaired) electrons. The number of benzene rings is 2. The van der Waals surface area contributed by atoms with E-state index in [9.17, 15) is 9.59 Å². The number of hydrogen-bond acceptors (Lipinski definition) is 5. The summed E-state index contributed by atoms with van der Waals surface area (Å²) in [6, 6.07) is 16.0. The second-order valence-corrected chi connectivity index (χ2v) is 6.43. The van der Waals surface area contributed by atoms with Gasteiger partial charge in [-0.15, -0.1) is 0 Å². The van der Waals surface area contributed by atoms with Crippen LogP contribution < -0.4 is 10.6 Å². The van der Waals surface area contributed by atoms with E-state index >= 15 is 0 Å². The minimum absolute atomic E-state index is 0.0891. The summed E-state index contributed by atoms with van der Waals surface area (Å²) < 4.78 is 0. The van der Waals surface area contributed by atoms with Crippen LogP contribution in [0.1, 0.15) is 0 Å². The van der Waals surface area contributed by atoms with Crippen LogP contribution in [0.4, 0.5) is 17.1 Å². The number of piperazine rings is 1. The van der Waals surface area contributed by atoms with Crippen LogP contribution in [0.2, 0.25) is 0 Å². The van der Waals surface area contributed by atoms with Gasteiger partial charge in [-0.05, 0) is 36.4 Å². The summed E-state index contributed by atoms with van der Waals surface area (Å²) in [6.07, 6.45) is 0. The maximum Gasteiger partial charge on any atom is 0.321 e. The third-order valence-corrected chi connectivity index (χ3v) is 4.63. The van der Waals surface area contributed by atoms with Crippen molar-refractivity contribution in [1.29, 1.82) is 0 Å². The number of carbonyl (C=O) groups excluding carboxylic acids is 2. The molecule has 0 unspecified atom stereocenters. The van der Waals surface area contributed by atoms with Crippen LogP contribution in [0.5, 0.6) is 0 Å². The van der Waals surface area contributed by atoms with E-state index in [0.717, 1.165) is 0 Å². The number of nitrogens with zero attached hydrogens (tertiary/aromatic N) is 3. The summed E-state index contributed by atoms with van der Waals surface area (Å²) >= 11 is 0. The number of nitrogen functional groups attached to an aromatic ring is 1. The Morgan fingerprint density at radius 2 is 1.52 bits per heavy atom. The number of carbonyl (C=O) groups is 2. The Bertz CT molecular complexity index is 772. The van der Waals surface area contributed by atoms with E-state index in [2.05, 4.69) is 4.90 Å². The van der Waals surface area contributed by atoms with E-state index in [1.807, 2.05) is 18.2 Å². The van der Waals surface area contributed by atoms with E-state index in [4.69, 9.17) is 10.8 Å². The molecular weight excluding hydrogens is 344 g/mol. The van der Waals surface area contributed by atoms with Gasteiger partial charge in [-0.2, -0.15) is 0 Å². The van der Waals surface area contributed by atoms with Gasteiger partial charge in [0, 0.05) is 49.8 Å². The van der Waals surface area contributed by atoms with Crippen molar-refractivity contribution in [3.05, 3.63) is 54.6 Å². The van der Waals surface area contributed by atoms with Crippen LogP contribution >= 0.6 is 0 Å². The van der Waals surface area contributed by atoms with E-state index in [0.29, 0.717) is 49.8 Å². The van der Waals surface area contributed by atoms with Gasteiger partial charge >= 0.3 is 11.8 Å². The number of hydrogen-bond donors (Lipinski definition) is 2. The smallest absolute Gasteiger partial charge is 0.321 e. The fourth-order valence-corrected chi connectivity index (χ4v) is 3.13. The van der Waals surface area contributed by atoms with Gasteiger partial charge in [0.15, 0.2) is 0 Å². The number of β-amino-alcohol motifs (C(OH)–C–C–N with tert-alkyl or cyclic N) is 1. The number of para-hydroxylation sites is 1. The SMILES string of the molecule is Nc1ccc(N(C(=O)C(=O)N2CCN(CCO)CC2)c2ccccc2)cc1. The van der Waals surface area contributed by atoms with Crippen LogP contribution in [-0.4, -0.2) is 66.1 Å². The third kappa shape index (κ3) is 4.45. The second-order valence-electron chi connectivity index (χ2n) is 6.43. The lowest BCUT2D eigenvalue weighted by Crippen LogP contribution is -2.53. The fourth-order valence-electron chi connectivity index (χ4n) is 3.13. The van der Waals surface area contributed by atoms with Crippen molar-refractivity contribution >= 4 is 28.9 Å². The summed E-state index contributed by atoms with van der Waals surface area (Å²) in [5, 5.41) is 9.03. The first-order valence-corrected chi connectivity index (χ1v) is 8.97. The average Bonchev–Trinajstić information content (AvgIpc) is 2.71. The Hall–Kier alpha value is -2.90. The van der Waals surface area contributed by atoms with Crippen LogP contribution in [-0.2, 0) is 9.59 Å². The van der Waals surface area contributed by atoms with Gasteiger partial charge in [0.2, 0.25) is 0 Å². The second kappa shape index (κ2) is 8.66. The van der Waals surface area contributed by atoms with Gasteiger partial charge in [0.25, 0.3) is 0 Å². The molecule has 1 aliphatic rings. The number of nitrogens with two attached hydrogens (primary N) is 1. The Morgan fingerprint density at radius 1 is 0.926 bits per heavy atom. The van der Waals surface area contributed by atoms with Crippen molar-refractivity contribution in [2.45, 2.75) is 0 Å². The van der Waals surface area contributed by atoms with Crippen molar-refractivity contribution in [3.8, 4) is 0 Å². The number of amides is 2. The first kappa shape index (κ1) is 18.9. The minimum atomic E-state index is -0.596. The molecule has 0 atom stereocenters. The topological polar surface area (TPSA) is 90.1 Å². The molecule has 3 rings (SSSR count). The molecule has 1 heterocycles. The van der Waals surface area contributed by atoms with Crippen molar-refractivity contribution in [1.82, 2.24) is 9.80 Å². The molecule has 0 aliphatic carbocycles. The Balaban J connectivity index is 1.81. The predicted octanol–water partition coefficient (Wildman–Crippen LogP) is 1.07. The Labute approximate surface area is 158 Å². The molecule has 1 saturated heterocycles. The summed E-state index contributed by atoms with van der Waals surface area (Å²) in [7, 11) is 0. The molecule has 0 bridgehead atoms. The lowest BCUT2D eigenvalue weighted by Gasteiger charge is -2.35. The van der Waals surface area contributed by atoms with Crippen molar-refractivity contribution in [2.75, 3.05) is 50.0 Å². The first-order chi connectivity index (χ1) is 13.1. The van der Waals surface area contributed by atoms with E-state index in [-0.39, 0.29) is 6.61 Å². The highest BCUT2D eigenvalue weighted by molar-refractivity contribution is 6.42.